The van der Waals surface area contributed by atoms with Gasteiger partial charge >= 0.3 is 0 Å². The van der Waals surface area contributed by atoms with Gasteiger partial charge in [0, 0.05) is 23.0 Å². The summed E-state index contributed by atoms with van der Waals surface area (Å²) in [5.41, 5.74) is 3.47. The van der Waals surface area contributed by atoms with Crippen LogP contribution in [0.25, 0.3) is 16.6 Å². The molecule has 0 aliphatic heterocycles. The van der Waals surface area contributed by atoms with E-state index >= 15 is 0 Å². The van der Waals surface area contributed by atoms with Crippen LogP contribution in [-0.2, 0) is 0 Å². The molecule has 0 radical (unpaired) electrons. The van der Waals surface area contributed by atoms with Crippen molar-refractivity contribution in [2.24, 2.45) is 0 Å². The number of nitrogens with one attached hydrogen (secondary N) is 1. The van der Waals surface area contributed by atoms with Crippen molar-refractivity contribution in [3.05, 3.63) is 70.9 Å². The van der Waals surface area contributed by atoms with Gasteiger partial charge < -0.3 is 10.4 Å². The molecular formula is C19H17ClN4O. The molecular weight excluding hydrogens is 336 g/mol. The van der Waals surface area contributed by atoms with E-state index < -0.39 is 6.10 Å². The van der Waals surface area contributed by atoms with Gasteiger partial charge in [0.15, 0.2) is 5.65 Å². The van der Waals surface area contributed by atoms with E-state index in [-0.39, 0.29) is 0 Å². The van der Waals surface area contributed by atoms with Crippen molar-refractivity contribution in [3.63, 3.8) is 0 Å². The van der Waals surface area contributed by atoms with Gasteiger partial charge in [-0.15, -0.1) is 0 Å². The molecule has 0 fully saturated rings. The Morgan fingerprint density at radius 2 is 1.92 bits per heavy atom. The van der Waals surface area contributed by atoms with Crippen molar-refractivity contribution in [1.82, 2.24) is 14.6 Å². The Morgan fingerprint density at radius 3 is 2.72 bits per heavy atom. The number of anilines is 1. The number of aliphatic hydroxyl groups is 1. The number of benzene rings is 2. The minimum absolute atomic E-state index is 0.349. The standard InChI is InChI=1S/C19H17ClN4O/c1-12-10-18-22-19(15-4-2-3-5-16(15)24(18)23-12)21-11-17(25)13-6-8-14(20)9-7-13/h2-10,17,25H,11H2,1H3,(H,21,22). The second-order valence-corrected chi connectivity index (χ2v) is 6.42. The van der Waals surface area contributed by atoms with Crippen LogP contribution in [0.1, 0.15) is 17.4 Å². The third kappa shape index (κ3) is 3.04. The summed E-state index contributed by atoms with van der Waals surface area (Å²) in [4.78, 5) is 4.66. The van der Waals surface area contributed by atoms with E-state index in [1.54, 1.807) is 12.1 Å². The number of fused-ring (bicyclic) bond motifs is 3. The Kier molecular flexibility index (Phi) is 4.03. The third-order valence-corrected chi connectivity index (χ3v) is 4.40. The van der Waals surface area contributed by atoms with E-state index in [0.717, 1.165) is 33.6 Å². The second-order valence-electron chi connectivity index (χ2n) is 5.98. The molecule has 0 saturated heterocycles. The summed E-state index contributed by atoms with van der Waals surface area (Å²) in [6.07, 6.45) is -0.652. The van der Waals surface area contributed by atoms with Crippen LogP contribution < -0.4 is 5.32 Å². The Balaban J connectivity index is 1.67. The third-order valence-electron chi connectivity index (χ3n) is 4.14. The number of hydrogen-bond acceptors (Lipinski definition) is 4. The lowest BCUT2D eigenvalue weighted by atomic mass is 10.1. The minimum atomic E-state index is -0.652. The molecule has 1 atom stereocenters. The first-order valence-electron chi connectivity index (χ1n) is 8.04. The molecule has 2 aromatic heterocycles. The monoisotopic (exact) mass is 352 g/mol. The van der Waals surface area contributed by atoms with Gasteiger partial charge in [-0.1, -0.05) is 35.9 Å². The first kappa shape index (κ1) is 15.9. The van der Waals surface area contributed by atoms with Crippen molar-refractivity contribution in [2.75, 3.05) is 11.9 Å². The molecule has 5 nitrogen and oxygen atoms in total. The van der Waals surface area contributed by atoms with Crippen LogP contribution in [0, 0.1) is 6.92 Å². The maximum Gasteiger partial charge on any atom is 0.158 e. The van der Waals surface area contributed by atoms with Crippen LogP contribution in [0.15, 0.2) is 54.6 Å². The number of nitrogens with zero attached hydrogens (tertiary/aromatic N) is 3. The van der Waals surface area contributed by atoms with Gasteiger partial charge in [-0.3, -0.25) is 0 Å². The van der Waals surface area contributed by atoms with Crippen molar-refractivity contribution < 1.29 is 5.11 Å². The maximum atomic E-state index is 10.4. The first-order valence-corrected chi connectivity index (χ1v) is 8.42. The average molecular weight is 353 g/mol. The predicted octanol–water partition coefficient (Wildman–Crippen LogP) is 3.99. The summed E-state index contributed by atoms with van der Waals surface area (Å²) in [7, 11) is 0. The molecule has 126 valence electrons. The molecule has 0 amide bonds. The molecule has 2 heterocycles. The Bertz CT molecular complexity index is 1040. The molecule has 2 aromatic carbocycles. The van der Waals surface area contributed by atoms with Crippen molar-refractivity contribution in [1.29, 1.82) is 0 Å². The smallest absolute Gasteiger partial charge is 0.158 e. The number of aryl methyl sites for hydroxylation is 1. The molecule has 25 heavy (non-hydrogen) atoms. The molecule has 0 spiro atoms. The first-order chi connectivity index (χ1) is 12.1. The largest absolute Gasteiger partial charge is 0.387 e. The quantitative estimate of drug-likeness (QED) is 0.583. The number of rotatable bonds is 4. The lowest BCUT2D eigenvalue weighted by Gasteiger charge is -2.14. The number of aliphatic hydroxyl groups excluding tert-OH is 1. The molecule has 2 N–H and O–H groups in total. The number of aromatic nitrogens is 3. The Morgan fingerprint density at radius 1 is 1.16 bits per heavy atom. The summed E-state index contributed by atoms with van der Waals surface area (Å²) in [5, 5.41) is 19.8. The summed E-state index contributed by atoms with van der Waals surface area (Å²) in [6, 6.07) is 17.1. The van der Waals surface area contributed by atoms with Gasteiger partial charge in [-0.2, -0.15) is 5.10 Å². The van der Waals surface area contributed by atoms with Crippen LogP contribution in [0.4, 0.5) is 5.82 Å². The maximum absolute atomic E-state index is 10.4. The number of halogens is 1. The second kappa shape index (κ2) is 6.35. The van der Waals surface area contributed by atoms with E-state index in [2.05, 4.69) is 15.4 Å². The fraction of sp³-hybridized carbons (Fsp3) is 0.158. The number of hydrogen-bond donors (Lipinski definition) is 2. The summed E-state index contributed by atoms with van der Waals surface area (Å²) in [5.74, 6) is 0.732. The zero-order valence-electron chi connectivity index (χ0n) is 13.6. The van der Waals surface area contributed by atoms with Crippen LogP contribution in [0.5, 0.6) is 0 Å². The fourth-order valence-corrected chi connectivity index (χ4v) is 3.03. The Labute approximate surface area is 149 Å². The molecule has 6 heteroatoms. The summed E-state index contributed by atoms with van der Waals surface area (Å²) < 4.78 is 1.84. The summed E-state index contributed by atoms with van der Waals surface area (Å²) >= 11 is 5.90. The lowest BCUT2D eigenvalue weighted by molar-refractivity contribution is 0.191. The van der Waals surface area contributed by atoms with Gasteiger partial charge in [0.1, 0.15) is 5.82 Å². The van der Waals surface area contributed by atoms with E-state index in [4.69, 9.17) is 11.6 Å². The van der Waals surface area contributed by atoms with Gasteiger partial charge in [0.25, 0.3) is 0 Å². The number of para-hydroxylation sites is 1. The Hall–Kier alpha value is -2.63. The van der Waals surface area contributed by atoms with Crippen molar-refractivity contribution >= 4 is 34.0 Å². The topological polar surface area (TPSA) is 62.5 Å². The SMILES string of the molecule is Cc1cc2nc(NCC(O)c3ccc(Cl)cc3)c3ccccc3n2n1. The van der Waals surface area contributed by atoms with Gasteiger partial charge in [-0.25, -0.2) is 9.50 Å². The molecule has 0 aliphatic rings. The molecule has 0 saturated carbocycles. The fourth-order valence-electron chi connectivity index (χ4n) is 2.91. The lowest BCUT2D eigenvalue weighted by Crippen LogP contribution is -2.13. The minimum Gasteiger partial charge on any atom is -0.387 e. The normalized spacial score (nSPS) is 12.6. The van der Waals surface area contributed by atoms with E-state index in [1.165, 1.54) is 0 Å². The molecule has 0 bridgehead atoms. The van der Waals surface area contributed by atoms with Crippen LogP contribution in [0.3, 0.4) is 0 Å². The molecule has 4 rings (SSSR count). The van der Waals surface area contributed by atoms with Gasteiger partial charge in [-0.05, 0) is 36.8 Å². The molecule has 1 unspecified atom stereocenters. The van der Waals surface area contributed by atoms with E-state index in [0.29, 0.717) is 11.6 Å². The predicted molar refractivity (Wildman–Crippen MR) is 100 cm³/mol. The molecule has 0 aliphatic carbocycles. The van der Waals surface area contributed by atoms with Gasteiger partial charge in [0.05, 0.1) is 17.3 Å². The van der Waals surface area contributed by atoms with Crippen molar-refractivity contribution in [3.8, 4) is 0 Å². The van der Waals surface area contributed by atoms with Crippen LogP contribution in [-0.4, -0.2) is 26.2 Å². The zero-order valence-corrected chi connectivity index (χ0v) is 14.4. The van der Waals surface area contributed by atoms with Crippen LogP contribution in [0.2, 0.25) is 5.02 Å². The highest BCUT2D eigenvalue weighted by molar-refractivity contribution is 6.30. The highest BCUT2D eigenvalue weighted by atomic mass is 35.5. The summed E-state index contributed by atoms with van der Waals surface area (Å²) in [6.45, 7) is 2.29. The van der Waals surface area contributed by atoms with Crippen LogP contribution >= 0.6 is 11.6 Å². The van der Waals surface area contributed by atoms with E-state index in [9.17, 15) is 5.11 Å². The van der Waals surface area contributed by atoms with Crippen molar-refractivity contribution in [2.45, 2.75) is 13.0 Å². The zero-order chi connectivity index (χ0) is 17.4. The highest BCUT2D eigenvalue weighted by Crippen LogP contribution is 2.24. The molecule has 4 aromatic rings. The van der Waals surface area contributed by atoms with E-state index in [1.807, 2.05) is 53.9 Å². The highest BCUT2D eigenvalue weighted by Gasteiger charge is 2.12. The average Bonchev–Trinajstić information content (AvgIpc) is 3.00. The van der Waals surface area contributed by atoms with Gasteiger partial charge in [0.2, 0.25) is 0 Å².